The zero-order valence-electron chi connectivity index (χ0n) is 16.0. The highest BCUT2D eigenvalue weighted by Gasteiger charge is 2.27. The lowest BCUT2D eigenvalue weighted by Gasteiger charge is -2.17. The molecule has 0 aromatic heterocycles. The van der Waals surface area contributed by atoms with Crippen molar-refractivity contribution in [3.63, 3.8) is 0 Å². The summed E-state index contributed by atoms with van der Waals surface area (Å²) in [5, 5.41) is 5.51. The average Bonchev–Trinajstić information content (AvgIpc) is 3.14. The standard InChI is InChI=1S/C22H24N4O2S/c23-24-14-17-4-3-5-18(12-17)15-26-11-10-21(16-26)25-29(27,28)22-9-8-19-6-1-2-7-20(19)13-22/h1-9,12-14,21,25H,10-11,15-16,23H2/t21-/m0/s1. The molecule has 1 aliphatic heterocycles. The van der Waals surface area contributed by atoms with Crippen LogP contribution < -0.4 is 10.6 Å². The number of nitrogens with one attached hydrogen (secondary N) is 1. The number of rotatable bonds is 6. The van der Waals surface area contributed by atoms with Crippen LogP contribution in [0.25, 0.3) is 10.8 Å². The molecule has 1 fully saturated rings. The van der Waals surface area contributed by atoms with Crippen LogP contribution in [0.4, 0.5) is 0 Å². The van der Waals surface area contributed by atoms with Crippen molar-refractivity contribution in [2.75, 3.05) is 13.1 Å². The van der Waals surface area contributed by atoms with Crippen molar-refractivity contribution in [1.29, 1.82) is 0 Å². The molecule has 29 heavy (non-hydrogen) atoms. The van der Waals surface area contributed by atoms with Gasteiger partial charge < -0.3 is 5.84 Å². The Hall–Kier alpha value is -2.74. The maximum atomic E-state index is 12.9. The van der Waals surface area contributed by atoms with Gasteiger partial charge in [0.1, 0.15) is 0 Å². The van der Waals surface area contributed by atoms with Crippen molar-refractivity contribution in [2.24, 2.45) is 10.9 Å². The van der Waals surface area contributed by atoms with Gasteiger partial charge in [0.05, 0.1) is 11.1 Å². The smallest absolute Gasteiger partial charge is 0.240 e. The molecule has 6 nitrogen and oxygen atoms in total. The zero-order valence-corrected chi connectivity index (χ0v) is 16.8. The predicted molar refractivity (Wildman–Crippen MR) is 116 cm³/mol. The normalized spacial score (nSPS) is 18.0. The number of fused-ring (bicyclic) bond motifs is 1. The Labute approximate surface area is 171 Å². The fourth-order valence-electron chi connectivity index (χ4n) is 3.81. The van der Waals surface area contributed by atoms with Gasteiger partial charge >= 0.3 is 0 Å². The van der Waals surface area contributed by atoms with E-state index in [1.54, 1.807) is 18.3 Å². The van der Waals surface area contributed by atoms with Crippen LogP contribution in [0.1, 0.15) is 17.5 Å². The summed E-state index contributed by atoms with van der Waals surface area (Å²) in [6, 6.07) is 20.9. The first-order valence-corrected chi connectivity index (χ1v) is 11.1. The van der Waals surface area contributed by atoms with Crippen molar-refractivity contribution >= 4 is 27.0 Å². The fraction of sp³-hybridized carbons (Fsp3) is 0.227. The van der Waals surface area contributed by atoms with Crippen LogP contribution >= 0.6 is 0 Å². The molecule has 0 radical (unpaired) electrons. The van der Waals surface area contributed by atoms with Gasteiger partial charge in [-0.25, -0.2) is 13.1 Å². The Morgan fingerprint density at radius 2 is 1.90 bits per heavy atom. The van der Waals surface area contributed by atoms with Gasteiger partial charge in [-0.3, -0.25) is 4.90 Å². The Morgan fingerprint density at radius 3 is 2.72 bits per heavy atom. The summed E-state index contributed by atoms with van der Waals surface area (Å²) in [6.07, 6.45) is 2.41. The molecule has 0 amide bonds. The quantitative estimate of drug-likeness (QED) is 0.373. The molecule has 1 atom stereocenters. The van der Waals surface area contributed by atoms with Crippen LogP contribution in [0.15, 0.2) is 76.7 Å². The van der Waals surface area contributed by atoms with Crippen LogP contribution in [-0.4, -0.2) is 38.7 Å². The molecule has 7 heteroatoms. The van der Waals surface area contributed by atoms with Gasteiger partial charge in [0.15, 0.2) is 0 Å². The summed E-state index contributed by atoms with van der Waals surface area (Å²) in [6.45, 7) is 2.29. The zero-order chi connectivity index (χ0) is 20.3. The van der Waals surface area contributed by atoms with Gasteiger partial charge in [-0.15, -0.1) is 0 Å². The summed E-state index contributed by atoms with van der Waals surface area (Å²) in [5.74, 6) is 5.22. The van der Waals surface area contributed by atoms with E-state index >= 15 is 0 Å². The second-order valence-electron chi connectivity index (χ2n) is 7.37. The minimum absolute atomic E-state index is 0.0970. The lowest BCUT2D eigenvalue weighted by Crippen LogP contribution is -2.36. The molecule has 1 heterocycles. The monoisotopic (exact) mass is 408 g/mol. The number of likely N-dealkylation sites (tertiary alicyclic amines) is 1. The fourth-order valence-corrected chi connectivity index (χ4v) is 5.11. The van der Waals surface area contributed by atoms with E-state index in [0.29, 0.717) is 11.4 Å². The Balaban J connectivity index is 1.41. The largest absolute Gasteiger partial charge is 0.323 e. The third kappa shape index (κ3) is 4.64. The van der Waals surface area contributed by atoms with Gasteiger partial charge in [-0.2, -0.15) is 5.10 Å². The van der Waals surface area contributed by atoms with Gasteiger partial charge in [0, 0.05) is 25.7 Å². The van der Waals surface area contributed by atoms with E-state index in [9.17, 15) is 8.42 Å². The molecule has 3 aromatic rings. The summed E-state index contributed by atoms with van der Waals surface area (Å²) in [4.78, 5) is 2.56. The van der Waals surface area contributed by atoms with Crippen LogP contribution in [0.2, 0.25) is 0 Å². The van der Waals surface area contributed by atoms with E-state index in [4.69, 9.17) is 5.84 Å². The molecule has 150 valence electrons. The van der Waals surface area contributed by atoms with Crippen LogP contribution in [-0.2, 0) is 16.6 Å². The highest BCUT2D eigenvalue weighted by Crippen LogP contribution is 2.21. The molecule has 0 spiro atoms. The number of hydrogen-bond donors (Lipinski definition) is 2. The molecule has 3 aromatic carbocycles. The first kappa shape index (κ1) is 19.6. The van der Waals surface area contributed by atoms with E-state index < -0.39 is 10.0 Å². The molecule has 0 bridgehead atoms. The molecule has 0 saturated carbocycles. The van der Waals surface area contributed by atoms with E-state index in [0.717, 1.165) is 41.4 Å². The molecular weight excluding hydrogens is 384 g/mol. The van der Waals surface area contributed by atoms with Crippen LogP contribution in [0.3, 0.4) is 0 Å². The van der Waals surface area contributed by atoms with E-state index in [1.165, 1.54) is 0 Å². The number of hydrogen-bond acceptors (Lipinski definition) is 5. The third-order valence-electron chi connectivity index (χ3n) is 5.21. The number of benzene rings is 3. The number of hydrazone groups is 1. The first-order valence-electron chi connectivity index (χ1n) is 9.59. The van der Waals surface area contributed by atoms with Crippen molar-refractivity contribution < 1.29 is 8.42 Å². The molecule has 0 aliphatic carbocycles. The number of sulfonamides is 1. The maximum absolute atomic E-state index is 12.9. The maximum Gasteiger partial charge on any atom is 0.240 e. The Kier molecular flexibility index (Phi) is 5.62. The second-order valence-corrected chi connectivity index (χ2v) is 9.09. The molecule has 0 unspecified atom stereocenters. The SMILES string of the molecule is NN=Cc1cccc(CN2CC[C@H](NS(=O)(=O)c3ccc4ccccc4c3)C2)c1. The summed E-state index contributed by atoms with van der Waals surface area (Å²) in [5.41, 5.74) is 2.11. The Morgan fingerprint density at radius 1 is 1.07 bits per heavy atom. The summed E-state index contributed by atoms with van der Waals surface area (Å²) >= 11 is 0. The molecule has 3 N–H and O–H groups in total. The minimum Gasteiger partial charge on any atom is -0.323 e. The van der Waals surface area contributed by atoms with Gasteiger partial charge in [-0.05, 0) is 46.5 Å². The van der Waals surface area contributed by atoms with Crippen molar-refractivity contribution in [3.8, 4) is 0 Å². The van der Waals surface area contributed by atoms with Crippen LogP contribution in [0.5, 0.6) is 0 Å². The lowest BCUT2D eigenvalue weighted by atomic mass is 10.1. The molecule has 1 saturated heterocycles. The predicted octanol–water partition coefficient (Wildman–Crippen LogP) is 2.69. The Bertz CT molecular complexity index is 1140. The van der Waals surface area contributed by atoms with Crippen molar-refractivity contribution in [2.45, 2.75) is 23.9 Å². The van der Waals surface area contributed by atoms with Gasteiger partial charge in [0.2, 0.25) is 10.0 Å². The third-order valence-corrected chi connectivity index (χ3v) is 6.72. The first-order chi connectivity index (χ1) is 14.0. The topological polar surface area (TPSA) is 87.8 Å². The highest BCUT2D eigenvalue weighted by molar-refractivity contribution is 7.89. The van der Waals surface area contributed by atoms with E-state index in [-0.39, 0.29) is 6.04 Å². The second kappa shape index (κ2) is 8.32. The molecule has 4 rings (SSSR count). The molecular formula is C22H24N4O2S. The summed E-state index contributed by atoms with van der Waals surface area (Å²) in [7, 11) is -3.55. The van der Waals surface area contributed by atoms with E-state index in [1.807, 2.05) is 48.5 Å². The van der Waals surface area contributed by atoms with Gasteiger partial charge in [-0.1, -0.05) is 48.5 Å². The summed E-state index contributed by atoms with van der Waals surface area (Å²) < 4.78 is 28.6. The highest BCUT2D eigenvalue weighted by atomic mass is 32.2. The van der Waals surface area contributed by atoms with Crippen molar-refractivity contribution in [1.82, 2.24) is 9.62 Å². The van der Waals surface area contributed by atoms with Gasteiger partial charge in [0.25, 0.3) is 0 Å². The average molecular weight is 409 g/mol. The minimum atomic E-state index is -3.55. The number of nitrogens with two attached hydrogens (primary N) is 1. The van der Waals surface area contributed by atoms with E-state index in [2.05, 4.69) is 20.8 Å². The number of nitrogens with zero attached hydrogens (tertiary/aromatic N) is 2. The lowest BCUT2D eigenvalue weighted by molar-refractivity contribution is 0.324. The molecule has 1 aliphatic rings. The van der Waals surface area contributed by atoms with Crippen molar-refractivity contribution in [3.05, 3.63) is 77.9 Å². The van der Waals surface area contributed by atoms with Crippen LogP contribution in [0, 0.1) is 0 Å².